The topological polar surface area (TPSA) is 43.1 Å². The van der Waals surface area contributed by atoms with Crippen molar-refractivity contribution >= 4 is 5.91 Å². The van der Waals surface area contributed by atoms with E-state index in [1.807, 2.05) is 12.1 Å². The second kappa shape index (κ2) is 6.31. The summed E-state index contributed by atoms with van der Waals surface area (Å²) >= 11 is 0. The number of amides is 1. The van der Waals surface area contributed by atoms with Crippen LogP contribution in [0.15, 0.2) is 24.3 Å². The Morgan fingerprint density at radius 2 is 1.94 bits per heavy atom. The molecule has 2 nitrogen and oxygen atoms in total. The lowest BCUT2D eigenvalue weighted by atomic mass is 9.99. The van der Waals surface area contributed by atoms with Crippen molar-refractivity contribution in [2.24, 2.45) is 11.7 Å². The summed E-state index contributed by atoms with van der Waals surface area (Å²) in [6, 6.07) is 7.61. The molecule has 1 aromatic rings. The molecule has 2 heteroatoms. The Morgan fingerprint density at radius 1 is 1.31 bits per heavy atom. The first-order valence-electron chi connectivity index (χ1n) is 6.02. The van der Waals surface area contributed by atoms with E-state index in [0.717, 1.165) is 12.3 Å². The van der Waals surface area contributed by atoms with Crippen LogP contribution < -0.4 is 5.73 Å². The van der Waals surface area contributed by atoms with Gasteiger partial charge >= 0.3 is 0 Å². The average Bonchev–Trinajstić information content (AvgIpc) is 2.29. The van der Waals surface area contributed by atoms with Gasteiger partial charge in [0.25, 0.3) is 0 Å². The lowest BCUT2D eigenvalue weighted by Crippen LogP contribution is -2.10. The van der Waals surface area contributed by atoms with Gasteiger partial charge in [0.1, 0.15) is 0 Å². The van der Waals surface area contributed by atoms with Gasteiger partial charge in [-0.1, -0.05) is 38.8 Å². The van der Waals surface area contributed by atoms with Crippen molar-refractivity contribution in [3.8, 4) is 0 Å². The number of carbonyl (C=O) groups excluding carboxylic acids is 1. The molecule has 2 N–H and O–H groups in total. The molecule has 0 heterocycles. The number of aryl methyl sites for hydroxylation is 1. The molecule has 0 aromatic heterocycles. The van der Waals surface area contributed by atoms with Crippen LogP contribution in [0.4, 0.5) is 0 Å². The summed E-state index contributed by atoms with van der Waals surface area (Å²) in [6.07, 6.45) is 4.82. The van der Waals surface area contributed by atoms with Crippen LogP contribution in [0, 0.1) is 5.92 Å². The molecule has 0 spiro atoms. The molecule has 1 atom stereocenters. The van der Waals surface area contributed by atoms with Crippen LogP contribution in [0.5, 0.6) is 0 Å². The molecule has 0 fully saturated rings. The van der Waals surface area contributed by atoms with E-state index in [1.165, 1.54) is 24.8 Å². The molecular formula is C14H21NO. The quantitative estimate of drug-likeness (QED) is 0.784. The average molecular weight is 219 g/mol. The van der Waals surface area contributed by atoms with Gasteiger partial charge < -0.3 is 5.73 Å². The second-order valence-electron chi connectivity index (χ2n) is 4.47. The number of rotatable bonds is 6. The predicted octanol–water partition coefficient (Wildman–Crippen LogP) is 3.15. The highest BCUT2D eigenvalue weighted by Gasteiger charge is 2.01. The molecule has 16 heavy (non-hydrogen) atoms. The monoisotopic (exact) mass is 219 g/mol. The Kier molecular flexibility index (Phi) is 5.03. The van der Waals surface area contributed by atoms with E-state index in [9.17, 15) is 4.79 Å². The van der Waals surface area contributed by atoms with Gasteiger partial charge in [-0.15, -0.1) is 0 Å². The maximum Gasteiger partial charge on any atom is 0.248 e. The molecule has 0 aliphatic heterocycles. The van der Waals surface area contributed by atoms with Crippen molar-refractivity contribution in [2.45, 2.75) is 39.5 Å². The Labute approximate surface area is 97.9 Å². The Morgan fingerprint density at radius 3 is 2.44 bits per heavy atom. The second-order valence-corrected chi connectivity index (χ2v) is 4.47. The molecule has 0 saturated carbocycles. The number of carbonyl (C=O) groups is 1. The van der Waals surface area contributed by atoms with Crippen molar-refractivity contribution < 1.29 is 4.79 Å². The summed E-state index contributed by atoms with van der Waals surface area (Å²) in [4.78, 5) is 10.9. The van der Waals surface area contributed by atoms with E-state index >= 15 is 0 Å². The van der Waals surface area contributed by atoms with Crippen LogP contribution >= 0.6 is 0 Å². The maximum atomic E-state index is 10.9. The van der Waals surface area contributed by atoms with Crippen molar-refractivity contribution in [1.29, 1.82) is 0 Å². The standard InChI is InChI=1S/C14H21NO/c1-3-11(2)5-4-6-12-7-9-13(10-8-12)14(15)16/h7-11H,3-6H2,1-2H3,(H2,15,16). The fourth-order valence-corrected chi connectivity index (χ4v) is 1.69. The normalized spacial score (nSPS) is 12.4. The summed E-state index contributed by atoms with van der Waals surface area (Å²) < 4.78 is 0. The Hall–Kier alpha value is -1.31. The highest BCUT2D eigenvalue weighted by atomic mass is 16.1. The fourth-order valence-electron chi connectivity index (χ4n) is 1.69. The van der Waals surface area contributed by atoms with E-state index in [-0.39, 0.29) is 5.91 Å². The van der Waals surface area contributed by atoms with E-state index < -0.39 is 0 Å². The van der Waals surface area contributed by atoms with Crippen molar-refractivity contribution in [3.63, 3.8) is 0 Å². The lowest BCUT2D eigenvalue weighted by molar-refractivity contribution is 0.100. The van der Waals surface area contributed by atoms with Gasteiger partial charge in [-0.25, -0.2) is 0 Å². The molecule has 0 aliphatic carbocycles. The van der Waals surface area contributed by atoms with Gasteiger partial charge in [0, 0.05) is 5.56 Å². The van der Waals surface area contributed by atoms with Crippen LogP contribution in [0.25, 0.3) is 0 Å². The van der Waals surface area contributed by atoms with Gasteiger partial charge in [0.05, 0.1) is 0 Å². The molecule has 0 saturated heterocycles. The van der Waals surface area contributed by atoms with Crippen LogP contribution in [-0.4, -0.2) is 5.91 Å². The predicted molar refractivity (Wildman–Crippen MR) is 67.4 cm³/mol. The minimum Gasteiger partial charge on any atom is -0.366 e. The lowest BCUT2D eigenvalue weighted by Gasteiger charge is -2.07. The van der Waals surface area contributed by atoms with Gasteiger partial charge in [-0.05, 0) is 36.5 Å². The van der Waals surface area contributed by atoms with Crippen molar-refractivity contribution in [3.05, 3.63) is 35.4 Å². The number of hydrogen-bond acceptors (Lipinski definition) is 1. The third kappa shape index (κ3) is 4.05. The molecule has 1 unspecified atom stereocenters. The SMILES string of the molecule is CCC(C)CCCc1ccc(C(N)=O)cc1. The summed E-state index contributed by atoms with van der Waals surface area (Å²) in [5, 5.41) is 0. The fraction of sp³-hybridized carbons (Fsp3) is 0.500. The molecule has 0 aliphatic rings. The summed E-state index contributed by atoms with van der Waals surface area (Å²) in [5.41, 5.74) is 7.06. The zero-order valence-corrected chi connectivity index (χ0v) is 10.2. The van der Waals surface area contributed by atoms with Gasteiger partial charge in [0.15, 0.2) is 0 Å². The van der Waals surface area contributed by atoms with Crippen LogP contribution in [0.1, 0.15) is 49.0 Å². The molecule has 0 bridgehead atoms. The molecule has 0 radical (unpaired) electrons. The largest absolute Gasteiger partial charge is 0.366 e. The number of benzene rings is 1. The molecule has 1 aromatic carbocycles. The highest BCUT2D eigenvalue weighted by molar-refractivity contribution is 5.92. The summed E-state index contributed by atoms with van der Waals surface area (Å²) in [6.45, 7) is 4.52. The molecule has 1 amide bonds. The first kappa shape index (κ1) is 12.8. The molecule has 1 rings (SSSR count). The van der Waals surface area contributed by atoms with E-state index in [4.69, 9.17) is 5.73 Å². The summed E-state index contributed by atoms with van der Waals surface area (Å²) in [7, 11) is 0. The number of nitrogens with two attached hydrogens (primary N) is 1. The third-order valence-corrected chi connectivity index (χ3v) is 3.10. The van der Waals surface area contributed by atoms with Crippen molar-refractivity contribution in [1.82, 2.24) is 0 Å². The number of primary amides is 1. The zero-order chi connectivity index (χ0) is 12.0. The smallest absolute Gasteiger partial charge is 0.248 e. The van der Waals surface area contributed by atoms with E-state index in [0.29, 0.717) is 5.56 Å². The van der Waals surface area contributed by atoms with Crippen LogP contribution in [0.3, 0.4) is 0 Å². The third-order valence-electron chi connectivity index (χ3n) is 3.10. The van der Waals surface area contributed by atoms with Crippen LogP contribution in [-0.2, 0) is 6.42 Å². The summed E-state index contributed by atoms with van der Waals surface area (Å²) in [5.74, 6) is 0.455. The van der Waals surface area contributed by atoms with Crippen molar-refractivity contribution in [2.75, 3.05) is 0 Å². The van der Waals surface area contributed by atoms with Gasteiger partial charge in [0.2, 0.25) is 5.91 Å². The number of hydrogen-bond donors (Lipinski definition) is 1. The van der Waals surface area contributed by atoms with E-state index in [2.05, 4.69) is 13.8 Å². The first-order valence-corrected chi connectivity index (χ1v) is 6.02. The van der Waals surface area contributed by atoms with Gasteiger partial charge in [-0.3, -0.25) is 4.79 Å². The minimum absolute atomic E-state index is 0.355. The molecule has 88 valence electrons. The zero-order valence-electron chi connectivity index (χ0n) is 10.2. The molecular weight excluding hydrogens is 198 g/mol. The van der Waals surface area contributed by atoms with Crippen LogP contribution in [0.2, 0.25) is 0 Å². The Bertz CT molecular complexity index is 329. The first-order chi connectivity index (χ1) is 7.63. The van der Waals surface area contributed by atoms with Gasteiger partial charge in [-0.2, -0.15) is 0 Å². The van der Waals surface area contributed by atoms with E-state index in [1.54, 1.807) is 12.1 Å². The Balaban J connectivity index is 2.40. The highest BCUT2D eigenvalue weighted by Crippen LogP contribution is 2.13. The maximum absolute atomic E-state index is 10.9. The minimum atomic E-state index is -0.355.